The molecule has 3 aromatic rings. The van der Waals surface area contributed by atoms with Gasteiger partial charge in [0, 0.05) is 37.7 Å². The Morgan fingerprint density at radius 3 is 2.73 bits per heavy atom. The van der Waals surface area contributed by atoms with Gasteiger partial charge in [0.05, 0.1) is 5.69 Å². The molecular formula is C18H21N7O. The molecule has 1 fully saturated rings. The molecule has 26 heavy (non-hydrogen) atoms. The SMILES string of the molecule is O=c1ccc(-n2cccn2)nn1CC1CCN(Cc2ccncn2)CC1. The van der Waals surface area contributed by atoms with Crippen LogP contribution in [0.5, 0.6) is 0 Å². The lowest BCUT2D eigenvalue weighted by molar-refractivity contribution is 0.162. The first-order valence-electron chi connectivity index (χ1n) is 8.83. The van der Waals surface area contributed by atoms with Crippen LogP contribution in [0.25, 0.3) is 5.82 Å². The summed E-state index contributed by atoms with van der Waals surface area (Å²) >= 11 is 0. The fourth-order valence-corrected chi connectivity index (χ4v) is 3.31. The van der Waals surface area contributed by atoms with Crippen LogP contribution in [0.2, 0.25) is 0 Å². The van der Waals surface area contributed by atoms with Crippen molar-refractivity contribution in [3.8, 4) is 5.82 Å². The summed E-state index contributed by atoms with van der Waals surface area (Å²) in [4.78, 5) is 22.8. The van der Waals surface area contributed by atoms with E-state index in [0.717, 1.165) is 38.2 Å². The second kappa shape index (κ2) is 7.57. The predicted molar refractivity (Wildman–Crippen MR) is 95.7 cm³/mol. The Bertz CT molecular complexity index is 883. The summed E-state index contributed by atoms with van der Waals surface area (Å²) in [6.07, 6.45) is 8.98. The molecule has 134 valence electrons. The molecule has 1 aliphatic rings. The fraction of sp³-hybridized carbons (Fsp3) is 0.389. The number of hydrogen-bond donors (Lipinski definition) is 0. The summed E-state index contributed by atoms with van der Waals surface area (Å²) in [5.74, 6) is 1.12. The van der Waals surface area contributed by atoms with Gasteiger partial charge in [-0.1, -0.05) is 0 Å². The molecule has 4 heterocycles. The molecule has 0 spiro atoms. The maximum atomic E-state index is 12.2. The van der Waals surface area contributed by atoms with Crippen molar-refractivity contribution in [2.45, 2.75) is 25.9 Å². The van der Waals surface area contributed by atoms with E-state index in [9.17, 15) is 4.79 Å². The average Bonchev–Trinajstić information content (AvgIpc) is 3.21. The van der Waals surface area contributed by atoms with Crippen molar-refractivity contribution in [1.29, 1.82) is 0 Å². The maximum absolute atomic E-state index is 12.2. The van der Waals surface area contributed by atoms with Gasteiger partial charge in [0.1, 0.15) is 6.33 Å². The van der Waals surface area contributed by atoms with Crippen molar-refractivity contribution in [3.63, 3.8) is 0 Å². The molecule has 1 saturated heterocycles. The van der Waals surface area contributed by atoms with Crippen LogP contribution in [0.15, 0.2) is 54.0 Å². The highest BCUT2D eigenvalue weighted by atomic mass is 16.1. The number of nitrogens with zero attached hydrogens (tertiary/aromatic N) is 7. The smallest absolute Gasteiger partial charge is 0.266 e. The van der Waals surface area contributed by atoms with E-state index in [-0.39, 0.29) is 5.56 Å². The molecule has 0 bridgehead atoms. The van der Waals surface area contributed by atoms with Crippen LogP contribution in [0.3, 0.4) is 0 Å². The van der Waals surface area contributed by atoms with Crippen molar-refractivity contribution in [3.05, 3.63) is 65.2 Å². The summed E-state index contributed by atoms with van der Waals surface area (Å²) in [5, 5.41) is 8.65. The lowest BCUT2D eigenvalue weighted by Crippen LogP contribution is -2.36. The van der Waals surface area contributed by atoms with E-state index >= 15 is 0 Å². The van der Waals surface area contributed by atoms with Gasteiger partial charge in [-0.25, -0.2) is 19.3 Å². The molecule has 0 aromatic carbocycles. The van der Waals surface area contributed by atoms with Crippen LogP contribution in [-0.4, -0.2) is 47.5 Å². The van der Waals surface area contributed by atoms with Gasteiger partial charge < -0.3 is 0 Å². The Labute approximate surface area is 151 Å². The van der Waals surface area contributed by atoms with E-state index in [1.807, 2.05) is 18.3 Å². The van der Waals surface area contributed by atoms with Crippen LogP contribution in [0, 0.1) is 5.92 Å². The fourth-order valence-electron chi connectivity index (χ4n) is 3.31. The third-order valence-corrected chi connectivity index (χ3v) is 4.76. The minimum absolute atomic E-state index is 0.0654. The average molecular weight is 351 g/mol. The van der Waals surface area contributed by atoms with Crippen LogP contribution < -0.4 is 5.56 Å². The number of aromatic nitrogens is 6. The largest absolute Gasteiger partial charge is 0.297 e. The quantitative estimate of drug-likeness (QED) is 0.685. The molecule has 0 saturated carbocycles. The first-order chi connectivity index (χ1) is 12.8. The Morgan fingerprint density at radius 2 is 2.00 bits per heavy atom. The molecule has 0 N–H and O–H groups in total. The molecule has 0 unspecified atom stereocenters. The summed E-state index contributed by atoms with van der Waals surface area (Å²) in [5.41, 5.74) is 0.979. The zero-order valence-electron chi connectivity index (χ0n) is 14.5. The van der Waals surface area contributed by atoms with E-state index in [1.54, 1.807) is 40.2 Å². The third kappa shape index (κ3) is 3.85. The lowest BCUT2D eigenvalue weighted by atomic mass is 9.96. The molecule has 0 aliphatic carbocycles. The van der Waals surface area contributed by atoms with Crippen molar-refractivity contribution >= 4 is 0 Å². The summed E-state index contributed by atoms with van der Waals surface area (Å²) < 4.78 is 3.24. The molecular weight excluding hydrogens is 330 g/mol. The number of piperidine rings is 1. The zero-order valence-corrected chi connectivity index (χ0v) is 14.5. The van der Waals surface area contributed by atoms with E-state index in [2.05, 4.69) is 25.1 Å². The first kappa shape index (κ1) is 16.6. The van der Waals surface area contributed by atoms with Crippen LogP contribution in [-0.2, 0) is 13.1 Å². The van der Waals surface area contributed by atoms with Gasteiger partial charge in [0.25, 0.3) is 5.56 Å². The number of likely N-dealkylation sites (tertiary alicyclic amines) is 1. The molecule has 3 aromatic heterocycles. The zero-order chi connectivity index (χ0) is 17.8. The standard InChI is InChI=1S/C18H21N7O/c26-18-3-2-17(24-9-1-7-21-24)22-25(18)12-15-5-10-23(11-6-15)13-16-4-8-19-14-20-16/h1-4,7-9,14-15H,5-6,10-13H2. The summed E-state index contributed by atoms with van der Waals surface area (Å²) in [7, 11) is 0. The van der Waals surface area contributed by atoms with Gasteiger partial charge in [0.15, 0.2) is 5.82 Å². The minimum atomic E-state index is -0.0654. The van der Waals surface area contributed by atoms with Crippen LogP contribution >= 0.6 is 0 Å². The lowest BCUT2D eigenvalue weighted by Gasteiger charge is -2.31. The van der Waals surface area contributed by atoms with Gasteiger partial charge in [0.2, 0.25) is 0 Å². The van der Waals surface area contributed by atoms with Crippen LogP contribution in [0.4, 0.5) is 0 Å². The van der Waals surface area contributed by atoms with Gasteiger partial charge in [-0.05, 0) is 50.0 Å². The third-order valence-electron chi connectivity index (χ3n) is 4.76. The van der Waals surface area contributed by atoms with E-state index in [0.29, 0.717) is 18.3 Å². The van der Waals surface area contributed by atoms with Gasteiger partial charge >= 0.3 is 0 Å². The van der Waals surface area contributed by atoms with Crippen molar-refractivity contribution < 1.29 is 0 Å². The van der Waals surface area contributed by atoms with Crippen molar-refractivity contribution in [1.82, 2.24) is 34.4 Å². The predicted octanol–water partition coefficient (Wildman–Crippen LogP) is 1.13. The first-order valence-corrected chi connectivity index (χ1v) is 8.83. The van der Waals surface area contributed by atoms with E-state index in [4.69, 9.17) is 0 Å². The monoisotopic (exact) mass is 351 g/mol. The van der Waals surface area contributed by atoms with Gasteiger partial charge in [-0.15, -0.1) is 5.10 Å². The topological polar surface area (TPSA) is 81.7 Å². The van der Waals surface area contributed by atoms with Gasteiger partial charge in [-0.3, -0.25) is 9.69 Å². The molecule has 1 aliphatic heterocycles. The Morgan fingerprint density at radius 1 is 1.12 bits per heavy atom. The Hall–Kier alpha value is -2.87. The summed E-state index contributed by atoms with van der Waals surface area (Å²) in [6, 6.07) is 7.06. The van der Waals surface area contributed by atoms with Crippen molar-refractivity contribution in [2.75, 3.05) is 13.1 Å². The molecule has 0 radical (unpaired) electrons. The van der Waals surface area contributed by atoms with Gasteiger partial charge in [-0.2, -0.15) is 5.10 Å². The number of rotatable bonds is 5. The highest BCUT2D eigenvalue weighted by Gasteiger charge is 2.20. The second-order valence-electron chi connectivity index (χ2n) is 6.58. The normalized spacial score (nSPS) is 16.0. The van der Waals surface area contributed by atoms with E-state index in [1.165, 1.54) is 0 Å². The highest BCUT2D eigenvalue weighted by molar-refractivity contribution is 5.17. The molecule has 0 atom stereocenters. The van der Waals surface area contributed by atoms with Crippen molar-refractivity contribution in [2.24, 2.45) is 5.92 Å². The summed E-state index contributed by atoms with van der Waals surface area (Å²) in [6.45, 7) is 3.50. The minimum Gasteiger partial charge on any atom is -0.297 e. The molecule has 8 heteroatoms. The molecule has 4 rings (SSSR count). The Balaban J connectivity index is 1.37. The Kier molecular flexibility index (Phi) is 4.83. The molecule has 0 amide bonds. The van der Waals surface area contributed by atoms with Crippen LogP contribution in [0.1, 0.15) is 18.5 Å². The molecule has 8 nitrogen and oxygen atoms in total. The highest BCUT2D eigenvalue weighted by Crippen LogP contribution is 2.19. The maximum Gasteiger partial charge on any atom is 0.266 e. The van der Waals surface area contributed by atoms with E-state index < -0.39 is 0 Å². The second-order valence-corrected chi connectivity index (χ2v) is 6.58. The number of hydrogen-bond acceptors (Lipinski definition) is 6.